The number of alkyl halides is 2. The Balaban J connectivity index is 2.66. The molecule has 0 atom stereocenters. The van der Waals surface area contributed by atoms with Crippen molar-refractivity contribution in [2.45, 2.75) is 38.9 Å². The summed E-state index contributed by atoms with van der Waals surface area (Å²) in [4.78, 5) is 11.9. The van der Waals surface area contributed by atoms with E-state index in [-0.39, 0.29) is 17.2 Å². The van der Waals surface area contributed by atoms with Crippen LogP contribution in [-0.4, -0.2) is 29.8 Å². The smallest absolute Gasteiger partial charge is 0.387 e. The van der Waals surface area contributed by atoms with Gasteiger partial charge in [0.1, 0.15) is 10.6 Å². The lowest BCUT2D eigenvalue weighted by atomic mass is 9.98. The fourth-order valence-electron chi connectivity index (χ4n) is 1.48. The summed E-state index contributed by atoms with van der Waals surface area (Å²) in [6.45, 7) is 0.729. The summed E-state index contributed by atoms with van der Waals surface area (Å²) in [7, 11) is 0. The summed E-state index contributed by atoms with van der Waals surface area (Å²) in [5.41, 5.74) is -0.976. The Kier molecular flexibility index (Phi) is 5.68. The molecule has 2 N–H and O–H groups in total. The highest BCUT2D eigenvalue weighted by atomic mass is 32.1. The standard InChI is InChI=1S/C12H17F2NO3S/c1-3-12(17,4-2)7-15-10(16)9-8(5-6-19-9)18-11(13)14/h5-6,11,17H,3-4,7H2,1-2H3,(H,15,16). The first-order valence-corrected chi connectivity index (χ1v) is 6.82. The monoisotopic (exact) mass is 293 g/mol. The van der Waals surface area contributed by atoms with Crippen LogP contribution >= 0.6 is 11.3 Å². The Morgan fingerprint density at radius 3 is 2.68 bits per heavy atom. The molecule has 0 bridgehead atoms. The summed E-state index contributed by atoms with van der Waals surface area (Å²) in [6.07, 6.45) is 0.989. The zero-order chi connectivity index (χ0) is 14.5. The molecule has 0 aliphatic rings. The molecule has 0 aliphatic carbocycles. The average Bonchev–Trinajstić information content (AvgIpc) is 2.83. The van der Waals surface area contributed by atoms with Crippen molar-refractivity contribution in [3.8, 4) is 5.75 Å². The minimum absolute atomic E-state index is 0.0743. The fourth-order valence-corrected chi connectivity index (χ4v) is 2.22. The van der Waals surface area contributed by atoms with E-state index in [1.807, 2.05) is 13.8 Å². The average molecular weight is 293 g/mol. The van der Waals surface area contributed by atoms with E-state index in [2.05, 4.69) is 10.1 Å². The van der Waals surface area contributed by atoms with Crippen LogP contribution in [0.3, 0.4) is 0 Å². The van der Waals surface area contributed by atoms with Crippen molar-refractivity contribution in [1.82, 2.24) is 5.32 Å². The summed E-state index contributed by atoms with van der Waals surface area (Å²) >= 11 is 1.01. The first-order valence-electron chi connectivity index (χ1n) is 5.94. The van der Waals surface area contributed by atoms with Gasteiger partial charge in [-0.2, -0.15) is 8.78 Å². The number of aliphatic hydroxyl groups is 1. The van der Waals surface area contributed by atoms with Crippen LogP contribution in [0.1, 0.15) is 36.4 Å². The van der Waals surface area contributed by atoms with Gasteiger partial charge in [0.2, 0.25) is 0 Å². The lowest BCUT2D eigenvalue weighted by molar-refractivity contribution is -0.0498. The molecule has 19 heavy (non-hydrogen) atoms. The molecular weight excluding hydrogens is 276 g/mol. The van der Waals surface area contributed by atoms with E-state index in [9.17, 15) is 18.7 Å². The molecule has 0 radical (unpaired) electrons. The van der Waals surface area contributed by atoms with Crippen LogP contribution in [0.25, 0.3) is 0 Å². The highest BCUT2D eigenvalue weighted by molar-refractivity contribution is 7.12. The van der Waals surface area contributed by atoms with Crippen LogP contribution in [0.15, 0.2) is 11.4 Å². The maximum absolute atomic E-state index is 12.1. The van der Waals surface area contributed by atoms with Crippen molar-refractivity contribution >= 4 is 17.2 Å². The number of hydrogen-bond donors (Lipinski definition) is 2. The second-order valence-corrected chi connectivity index (χ2v) is 5.02. The minimum atomic E-state index is -2.97. The molecule has 108 valence electrons. The van der Waals surface area contributed by atoms with E-state index in [1.165, 1.54) is 11.4 Å². The molecule has 0 aliphatic heterocycles. The van der Waals surface area contributed by atoms with Crippen LogP contribution < -0.4 is 10.1 Å². The van der Waals surface area contributed by atoms with Crippen molar-refractivity contribution in [2.24, 2.45) is 0 Å². The Labute approximate surface area is 114 Å². The zero-order valence-electron chi connectivity index (χ0n) is 10.8. The number of carbonyl (C=O) groups is 1. The number of amides is 1. The van der Waals surface area contributed by atoms with Gasteiger partial charge in [0.05, 0.1) is 5.60 Å². The van der Waals surface area contributed by atoms with E-state index >= 15 is 0 Å². The number of thiophene rings is 1. The van der Waals surface area contributed by atoms with Crippen molar-refractivity contribution in [3.63, 3.8) is 0 Å². The van der Waals surface area contributed by atoms with Gasteiger partial charge in [0.15, 0.2) is 0 Å². The molecule has 1 aromatic heterocycles. The Morgan fingerprint density at radius 2 is 2.16 bits per heavy atom. The second-order valence-electron chi connectivity index (χ2n) is 4.11. The molecule has 0 aromatic carbocycles. The van der Waals surface area contributed by atoms with E-state index in [4.69, 9.17) is 0 Å². The van der Waals surface area contributed by atoms with Gasteiger partial charge >= 0.3 is 6.61 Å². The van der Waals surface area contributed by atoms with Gasteiger partial charge in [-0.3, -0.25) is 4.79 Å². The number of nitrogens with one attached hydrogen (secondary N) is 1. The predicted octanol–water partition coefficient (Wildman–Crippen LogP) is 2.63. The Bertz CT molecular complexity index is 419. The van der Waals surface area contributed by atoms with E-state index in [0.717, 1.165) is 11.3 Å². The lowest BCUT2D eigenvalue weighted by Gasteiger charge is -2.25. The van der Waals surface area contributed by atoms with Crippen LogP contribution in [0.4, 0.5) is 8.78 Å². The third-order valence-electron chi connectivity index (χ3n) is 2.95. The Morgan fingerprint density at radius 1 is 1.53 bits per heavy atom. The molecule has 4 nitrogen and oxygen atoms in total. The van der Waals surface area contributed by atoms with Gasteiger partial charge < -0.3 is 15.2 Å². The third kappa shape index (κ3) is 4.43. The molecule has 1 amide bonds. The largest absolute Gasteiger partial charge is 0.433 e. The molecule has 0 saturated carbocycles. The van der Waals surface area contributed by atoms with Crippen LogP contribution in [0.5, 0.6) is 5.75 Å². The summed E-state index contributed by atoms with van der Waals surface area (Å²) in [5.74, 6) is -0.667. The number of rotatable bonds is 7. The normalized spacial score (nSPS) is 11.7. The number of ether oxygens (including phenoxy) is 1. The van der Waals surface area contributed by atoms with Gasteiger partial charge in [0, 0.05) is 6.54 Å². The van der Waals surface area contributed by atoms with E-state index < -0.39 is 18.1 Å². The van der Waals surface area contributed by atoms with Gasteiger partial charge in [-0.1, -0.05) is 13.8 Å². The zero-order valence-corrected chi connectivity index (χ0v) is 11.6. The minimum Gasteiger partial charge on any atom is -0.433 e. The van der Waals surface area contributed by atoms with Crippen molar-refractivity contribution in [1.29, 1.82) is 0 Å². The number of carbonyl (C=O) groups excluding carboxylic acids is 1. The van der Waals surface area contributed by atoms with Crippen LogP contribution in [0.2, 0.25) is 0 Å². The molecule has 0 spiro atoms. The highest BCUT2D eigenvalue weighted by Gasteiger charge is 2.24. The fraction of sp³-hybridized carbons (Fsp3) is 0.583. The molecule has 0 unspecified atom stereocenters. The van der Waals surface area contributed by atoms with Crippen molar-refractivity contribution < 1.29 is 23.4 Å². The number of hydrogen-bond acceptors (Lipinski definition) is 4. The molecule has 0 saturated heterocycles. The Hall–Kier alpha value is -1.21. The summed E-state index contributed by atoms with van der Waals surface area (Å²) in [6, 6.07) is 1.32. The molecule has 1 aromatic rings. The van der Waals surface area contributed by atoms with Gasteiger partial charge in [-0.25, -0.2) is 0 Å². The SMILES string of the molecule is CCC(O)(CC)CNC(=O)c1sccc1OC(F)F. The highest BCUT2D eigenvalue weighted by Crippen LogP contribution is 2.26. The summed E-state index contributed by atoms with van der Waals surface area (Å²) < 4.78 is 28.5. The maximum Gasteiger partial charge on any atom is 0.387 e. The topological polar surface area (TPSA) is 58.6 Å². The molecule has 1 rings (SSSR count). The van der Waals surface area contributed by atoms with Gasteiger partial charge in [-0.05, 0) is 24.3 Å². The second kappa shape index (κ2) is 6.81. The quantitative estimate of drug-likeness (QED) is 0.812. The van der Waals surface area contributed by atoms with Crippen LogP contribution in [0, 0.1) is 0 Å². The van der Waals surface area contributed by atoms with E-state index in [0.29, 0.717) is 12.8 Å². The number of halogens is 2. The molecule has 0 fully saturated rings. The molecule has 7 heteroatoms. The van der Waals surface area contributed by atoms with Crippen molar-refractivity contribution in [3.05, 3.63) is 16.3 Å². The van der Waals surface area contributed by atoms with Crippen molar-refractivity contribution in [2.75, 3.05) is 6.54 Å². The molecule has 1 heterocycles. The van der Waals surface area contributed by atoms with E-state index in [1.54, 1.807) is 0 Å². The first kappa shape index (κ1) is 15.8. The maximum atomic E-state index is 12.1. The predicted molar refractivity (Wildman–Crippen MR) is 68.8 cm³/mol. The van der Waals surface area contributed by atoms with Gasteiger partial charge in [0.25, 0.3) is 5.91 Å². The molecular formula is C12H17F2NO3S. The third-order valence-corrected chi connectivity index (χ3v) is 3.84. The lowest BCUT2D eigenvalue weighted by Crippen LogP contribution is -2.41. The first-order chi connectivity index (χ1) is 8.91. The summed E-state index contributed by atoms with van der Waals surface area (Å²) in [5, 5.41) is 14.1. The van der Waals surface area contributed by atoms with Crippen LogP contribution in [-0.2, 0) is 0 Å². The van der Waals surface area contributed by atoms with Gasteiger partial charge in [-0.15, -0.1) is 11.3 Å².